The summed E-state index contributed by atoms with van der Waals surface area (Å²) < 4.78 is 11.0. The number of aryl methyl sites for hydroxylation is 1. The molecule has 1 aliphatic rings. The van der Waals surface area contributed by atoms with Gasteiger partial charge in [0.25, 0.3) is 0 Å². The van der Waals surface area contributed by atoms with Crippen LogP contribution in [0.5, 0.6) is 0 Å². The summed E-state index contributed by atoms with van der Waals surface area (Å²) in [6, 6.07) is 11.7. The van der Waals surface area contributed by atoms with Crippen LogP contribution in [-0.2, 0) is 16.0 Å². The predicted molar refractivity (Wildman–Crippen MR) is 101 cm³/mol. The van der Waals surface area contributed by atoms with Gasteiger partial charge in [-0.1, -0.05) is 12.1 Å². The first-order valence-electron chi connectivity index (χ1n) is 9.35. The first kappa shape index (κ1) is 17.8. The number of para-hydroxylation sites is 2. The van der Waals surface area contributed by atoms with Crippen LogP contribution in [0.1, 0.15) is 24.0 Å². The summed E-state index contributed by atoms with van der Waals surface area (Å²) in [6.07, 6.45) is 2.66. The normalized spacial score (nSPS) is 16.4. The highest BCUT2D eigenvalue weighted by Crippen LogP contribution is 2.21. The van der Waals surface area contributed by atoms with E-state index < -0.39 is 0 Å². The third kappa shape index (κ3) is 4.37. The largest absolute Gasteiger partial charge is 0.468 e. The number of rotatable bonds is 7. The van der Waals surface area contributed by atoms with Crippen molar-refractivity contribution in [2.24, 2.45) is 0 Å². The number of nitrogens with one attached hydrogen (secondary N) is 2. The lowest BCUT2D eigenvalue weighted by atomic mass is 10.1. The van der Waals surface area contributed by atoms with Crippen LogP contribution in [0, 0.1) is 0 Å². The number of ether oxygens (including phenoxy) is 1. The van der Waals surface area contributed by atoms with Crippen molar-refractivity contribution in [3.05, 3.63) is 54.2 Å². The van der Waals surface area contributed by atoms with E-state index in [4.69, 9.17) is 9.15 Å². The van der Waals surface area contributed by atoms with Gasteiger partial charge in [0.15, 0.2) is 0 Å². The number of fused-ring (bicyclic) bond motifs is 1. The van der Waals surface area contributed by atoms with Gasteiger partial charge in [0.1, 0.15) is 11.6 Å². The molecule has 0 aliphatic carbocycles. The van der Waals surface area contributed by atoms with Crippen LogP contribution in [0.4, 0.5) is 0 Å². The number of H-pyrrole nitrogens is 1. The van der Waals surface area contributed by atoms with Gasteiger partial charge in [0.2, 0.25) is 5.91 Å². The number of hydrogen-bond donors (Lipinski definition) is 2. The second kappa shape index (κ2) is 8.37. The Balaban J connectivity index is 1.32. The van der Waals surface area contributed by atoms with Gasteiger partial charge in [-0.05, 0) is 24.3 Å². The monoisotopic (exact) mass is 368 g/mol. The lowest BCUT2D eigenvalue weighted by Crippen LogP contribution is -2.43. The van der Waals surface area contributed by atoms with E-state index in [-0.39, 0.29) is 11.9 Å². The summed E-state index contributed by atoms with van der Waals surface area (Å²) in [7, 11) is 0. The molecule has 0 bridgehead atoms. The van der Waals surface area contributed by atoms with Crippen LogP contribution in [-0.4, -0.2) is 53.6 Å². The fourth-order valence-electron chi connectivity index (χ4n) is 3.43. The van der Waals surface area contributed by atoms with Crippen molar-refractivity contribution in [2.75, 3.05) is 32.8 Å². The topological polar surface area (TPSA) is 83.4 Å². The highest BCUT2D eigenvalue weighted by molar-refractivity contribution is 5.77. The minimum Gasteiger partial charge on any atom is -0.468 e. The third-order valence-electron chi connectivity index (χ3n) is 4.88. The van der Waals surface area contributed by atoms with E-state index in [0.29, 0.717) is 32.6 Å². The Morgan fingerprint density at radius 2 is 2.07 bits per heavy atom. The molecule has 0 radical (unpaired) electrons. The Morgan fingerprint density at radius 1 is 1.22 bits per heavy atom. The molecule has 1 fully saturated rings. The molecule has 142 valence electrons. The van der Waals surface area contributed by atoms with E-state index in [0.717, 1.165) is 35.7 Å². The lowest BCUT2D eigenvalue weighted by Gasteiger charge is -2.33. The van der Waals surface area contributed by atoms with Gasteiger partial charge in [-0.25, -0.2) is 4.98 Å². The molecule has 4 rings (SSSR count). The number of carbonyl (C=O) groups is 1. The number of carbonyl (C=O) groups excluding carboxylic acids is 1. The van der Waals surface area contributed by atoms with Gasteiger partial charge in [0.05, 0.1) is 36.6 Å². The van der Waals surface area contributed by atoms with E-state index in [1.165, 1.54) is 0 Å². The van der Waals surface area contributed by atoms with Gasteiger partial charge in [-0.3, -0.25) is 9.69 Å². The van der Waals surface area contributed by atoms with E-state index >= 15 is 0 Å². The molecule has 3 heterocycles. The minimum absolute atomic E-state index is 0.0141. The second-order valence-corrected chi connectivity index (χ2v) is 6.68. The van der Waals surface area contributed by atoms with Gasteiger partial charge in [-0.15, -0.1) is 0 Å². The Labute approximate surface area is 157 Å². The maximum atomic E-state index is 12.4. The Kier molecular flexibility index (Phi) is 5.50. The molecule has 1 atom stereocenters. The van der Waals surface area contributed by atoms with Crippen LogP contribution >= 0.6 is 0 Å². The lowest BCUT2D eigenvalue weighted by molar-refractivity contribution is -0.121. The van der Waals surface area contributed by atoms with Gasteiger partial charge < -0.3 is 19.5 Å². The Hall–Kier alpha value is -2.64. The van der Waals surface area contributed by atoms with Crippen molar-refractivity contribution in [2.45, 2.75) is 18.9 Å². The number of aromatic amines is 1. The summed E-state index contributed by atoms with van der Waals surface area (Å²) in [5.74, 6) is 1.72. The molecule has 0 saturated carbocycles. The van der Waals surface area contributed by atoms with Crippen molar-refractivity contribution in [3.63, 3.8) is 0 Å². The van der Waals surface area contributed by atoms with Gasteiger partial charge in [0, 0.05) is 32.5 Å². The van der Waals surface area contributed by atoms with Crippen LogP contribution < -0.4 is 5.32 Å². The number of amides is 1. The number of hydrogen-bond acceptors (Lipinski definition) is 5. The van der Waals surface area contributed by atoms with Crippen LogP contribution in [0.25, 0.3) is 11.0 Å². The fraction of sp³-hybridized carbons (Fsp3) is 0.400. The van der Waals surface area contributed by atoms with Crippen molar-refractivity contribution >= 4 is 16.9 Å². The van der Waals surface area contributed by atoms with Crippen LogP contribution in [0.15, 0.2) is 47.1 Å². The van der Waals surface area contributed by atoms with Crippen LogP contribution in [0.3, 0.4) is 0 Å². The summed E-state index contributed by atoms with van der Waals surface area (Å²) in [4.78, 5) is 22.4. The maximum Gasteiger partial charge on any atom is 0.220 e. The number of furan rings is 1. The summed E-state index contributed by atoms with van der Waals surface area (Å²) in [6.45, 7) is 3.60. The van der Waals surface area contributed by atoms with Gasteiger partial charge in [-0.2, -0.15) is 0 Å². The molecule has 0 unspecified atom stereocenters. The zero-order chi connectivity index (χ0) is 18.5. The molecule has 0 spiro atoms. The fourth-order valence-corrected chi connectivity index (χ4v) is 3.43. The zero-order valence-corrected chi connectivity index (χ0v) is 15.2. The first-order valence-corrected chi connectivity index (χ1v) is 9.35. The number of nitrogens with zero attached hydrogens (tertiary/aromatic N) is 2. The van der Waals surface area contributed by atoms with Crippen LogP contribution in [0.2, 0.25) is 0 Å². The highest BCUT2D eigenvalue weighted by Gasteiger charge is 2.25. The molecular weight excluding hydrogens is 344 g/mol. The smallest absolute Gasteiger partial charge is 0.220 e. The standard InChI is InChI=1S/C20H24N4O3/c25-20(8-7-19-22-15-4-1-2-5-16(15)23-19)21-14-17(18-6-3-11-27-18)24-9-12-26-13-10-24/h1-6,11,17H,7-10,12-14H2,(H,21,25)(H,22,23)/t17-/m0/s1. The van der Waals surface area contributed by atoms with E-state index in [9.17, 15) is 4.79 Å². The summed E-state index contributed by atoms with van der Waals surface area (Å²) >= 11 is 0. The maximum absolute atomic E-state index is 12.4. The highest BCUT2D eigenvalue weighted by atomic mass is 16.5. The molecular formula is C20H24N4O3. The Morgan fingerprint density at radius 3 is 2.85 bits per heavy atom. The summed E-state index contributed by atoms with van der Waals surface area (Å²) in [5, 5.41) is 3.05. The first-order chi connectivity index (χ1) is 13.3. The van der Waals surface area contributed by atoms with Crippen molar-refractivity contribution in [1.29, 1.82) is 0 Å². The molecule has 2 aromatic heterocycles. The average molecular weight is 368 g/mol. The second-order valence-electron chi connectivity index (χ2n) is 6.68. The molecule has 1 amide bonds. The van der Waals surface area contributed by atoms with Crippen molar-refractivity contribution < 1.29 is 13.9 Å². The van der Waals surface area contributed by atoms with Crippen molar-refractivity contribution in [3.8, 4) is 0 Å². The number of benzene rings is 1. The zero-order valence-electron chi connectivity index (χ0n) is 15.2. The third-order valence-corrected chi connectivity index (χ3v) is 4.88. The molecule has 1 aliphatic heterocycles. The molecule has 1 aromatic carbocycles. The number of aromatic nitrogens is 2. The number of imidazole rings is 1. The summed E-state index contributed by atoms with van der Waals surface area (Å²) in [5.41, 5.74) is 1.93. The van der Waals surface area contributed by atoms with E-state index in [2.05, 4.69) is 20.2 Å². The molecule has 27 heavy (non-hydrogen) atoms. The van der Waals surface area contributed by atoms with E-state index in [1.807, 2.05) is 36.4 Å². The van der Waals surface area contributed by atoms with Crippen molar-refractivity contribution in [1.82, 2.24) is 20.2 Å². The van der Waals surface area contributed by atoms with Gasteiger partial charge >= 0.3 is 0 Å². The molecule has 2 N–H and O–H groups in total. The molecule has 7 nitrogen and oxygen atoms in total. The number of morpholine rings is 1. The van der Waals surface area contributed by atoms with E-state index in [1.54, 1.807) is 6.26 Å². The molecule has 3 aromatic rings. The quantitative estimate of drug-likeness (QED) is 0.668. The molecule has 7 heteroatoms. The SMILES string of the molecule is O=C(CCc1nc2ccccc2[nH]1)NC[C@@H](c1ccco1)N1CCOCC1. The molecule has 1 saturated heterocycles. The average Bonchev–Trinajstić information content (AvgIpc) is 3.37. The minimum atomic E-state index is 0.0141. The predicted octanol–water partition coefficient (Wildman–Crippen LogP) is 2.28. The Bertz CT molecular complexity index is 835.